The Bertz CT molecular complexity index is 800. The highest BCUT2D eigenvalue weighted by atomic mass is 32.3. The molecule has 130 valence electrons. The first-order valence-corrected chi connectivity index (χ1v) is 9.97. The van der Waals surface area contributed by atoms with E-state index in [1.165, 1.54) is 5.56 Å². The summed E-state index contributed by atoms with van der Waals surface area (Å²) in [4.78, 5) is 12.3. The van der Waals surface area contributed by atoms with Gasteiger partial charge in [0.15, 0.2) is 0 Å². The molecule has 0 aliphatic heterocycles. The smallest absolute Gasteiger partial charge is 0.362 e. The summed E-state index contributed by atoms with van der Waals surface area (Å²) in [5, 5.41) is 0. The van der Waals surface area contributed by atoms with Crippen LogP contribution in [0, 0.1) is 17.3 Å². The van der Waals surface area contributed by atoms with Gasteiger partial charge in [-0.25, -0.2) is 0 Å². The fourth-order valence-electron chi connectivity index (χ4n) is 5.50. The van der Waals surface area contributed by atoms with Gasteiger partial charge in [-0.3, -0.25) is 9.35 Å². The van der Waals surface area contributed by atoms with E-state index in [-0.39, 0.29) is 11.2 Å². The molecule has 0 heterocycles. The zero-order valence-corrected chi connectivity index (χ0v) is 14.5. The Balaban J connectivity index is 1.65. The van der Waals surface area contributed by atoms with Gasteiger partial charge in [-0.15, -0.1) is 0 Å². The molecule has 1 unspecified atom stereocenters. The maximum Gasteiger partial charge on any atom is 0.446 e. The van der Waals surface area contributed by atoms with Gasteiger partial charge in [0.25, 0.3) is 0 Å². The average molecular weight is 350 g/mol. The zero-order chi connectivity index (χ0) is 17.1. The first kappa shape index (κ1) is 16.1. The number of hydrogen-bond acceptors (Lipinski definition) is 4. The molecule has 1 aromatic rings. The number of Topliss-reactive ketones (excluding diaryl/α,β-unsaturated/α-hetero) is 1. The van der Waals surface area contributed by atoms with Crippen molar-refractivity contribution in [2.24, 2.45) is 17.3 Å². The Hall–Kier alpha value is -1.40. The van der Waals surface area contributed by atoms with Crippen molar-refractivity contribution in [2.75, 3.05) is 0 Å². The number of rotatable bonds is 2. The molecule has 24 heavy (non-hydrogen) atoms. The molecule has 0 radical (unpaired) electrons. The summed E-state index contributed by atoms with van der Waals surface area (Å²) in [7, 11) is -4.49. The number of aryl methyl sites for hydroxylation is 1. The summed E-state index contributed by atoms with van der Waals surface area (Å²) in [5.74, 6) is 2.05. The second-order valence-corrected chi connectivity index (χ2v) is 8.73. The normalized spacial score (nSPS) is 35.1. The van der Waals surface area contributed by atoms with Gasteiger partial charge in [0.2, 0.25) is 0 Å². The van der Waals surface area contributed by atoms with E-state index in [2.05, 4.69) is 11.1 Å². The van der Waals surface area contributed by atoms with Crippen molar-refractivity contribution in [3.05, 3.63) is 29.3 Å². The molecule has 3 aliphatic carbocycles. The van der Waals surface area contributed by atoms with Crippen molar-refractivity contribution >= 4 is 16.2 Å². The molecule has 1 N–H and O–H groups in total. The molecule has 5 nitrogen and oxygen atoms in total. The van der Waals surface area contributed by atoms with Crippen molar-refractivity contribution < 1.29 is 21.9 Å². The molecule has 0 spiro atoms. The highest BCUT2D eigenvalue weighted by Gasteiger charge is 2.54. The standard InChI is InChI=1S/C18H22O5S/c1-18-9-8-14-13-5-3-12(23-24(20,21)22)10-11(13)2-4-15(14)16(18)6-7-17(18)19/h3,5,10,14-16H,2,4,6-9H2,1H3,(H,20,21,22)/t14-,15-,16?,18-/m0/s1. The SMILES string of the molecule is C[C@]12CC[C@H]3c4ccc(OS(=O)(=O)O)cc4CC[C@@H]3C1CCC2=O. The van der Waals surface area contributed by atoms with Crippen molar-refractivity contribution in [3.63, 3.8) is 0 Å². The number of ketones is 1. The Labute approximate surface area is 142 Å². The summed E-state index contributed by atoms with van der Waals surface area (Å²) in [5.41, 5.74) is 2.23. The van der Waals surface area contributed by atoms with Crippen LogP contribution in [0.15, 0.2) is 18.2 Å². The molecule has 4 rings (SSSR count). The van der Waals surface area contributed by atoms with Gasteiger partial charge >= 0.3 is 10.4 Å². The van der Waals surface area contributed by atoms with Crippen LogP contribution < -0.4 is 4.18 Å². The lowest BCUT2D eigenvalue weighted by molar-refractivity contribution is -0.129. The maximum atomic E-state index is 12.3. The third-order valence-corrected chi connectivity index (χ3v) is 7.01. The molecule has 2 fully saturated rings. The van der Waals surface area contributed by atoms with Crippen LogP contribution in [0.5, 0.6) is 5.75 Å². The van der Waals surface area contributed by atoms with E-state index in [1.54, 1.807) is 12.1 Å². The van der Waals surface area contributed by atoms with Crippen LogP contribution in [0.4, 0.5) is 0 Å². The van der Waals surface area contributed by atoms with Crippen molar-refractivity contribution in [2.45, 2.75) is 51.4 Å². The van der Waals surface area contributed by atoms with Crippen LogP contribution >= 0.6 is 0 Å². The van der Waals surface area contributed by atoms with Crippen molar-refractivity contribution in [1.29, 1.82) is 0 Å². The molecular formula is C18H22O5S. The van der Waals surface area contributed by atoms with Crippen LogP contribution in [-0.4, -0.2) is 18.8 Å². The maximum absolute atomic E-state index is 12.3. The fourth-order valence-corrected chi connectivity index (χ4v) is 5.85. The van der Waals surface area contributed by atoms with E-state index in [0.717, 1.165) is 44.1 Å². The lowest BCUT2D eigenvalue weighted by Gasteiger charge is -2.48. The summed E-state index contributed by atoms with van der Waals surface area (Å²) < 4.78 is 35.2. The minimum atomic E-state index is -4.49. The van der Waals surface area contributed by atoms with Crippen LogP contribution in [-0.2, 0) is 21.6 Å². The van der Waals surface area contributed by atoms with Crippen molar-refractivity contribution in [1.82, 2.24) is 0 Å². The first-order valence-electron chi connectivity index (χ1n) is 8.61. The molecule has 3 aliphatic rings. The quantitative estimate of drug-likeness (QED) is 0.828. The second kappa shape index (κ2) is 5.30. The molecule has 4 atom stereocenters. The lowest BCUT2D eigenvalue weighted by Crippen LogP contribution is -2.42. The van der Waals surface area contributed by atoms with Gasteiger partial charge in [0, 0.05) is 11.8 Å². The second-order valence-electron chi connectivity index (χ2n) is 7.71. The van der Waals surface area contributed by atoms with Crippen LogP contribution in [0.2, 0.25) is 0 Å². The fraction of sp³-hybridized carbons (Fsp3) is 0.611. The Morgan fingerprint density at radius 2 is 2.00 bits per heavy atom. The van der Waals surface area contributed by atoms with E-state index < -0.39 is 10.4 Å². The molecule has 2 saturated carbocycles. The number of hydrogen-bond donors (Lipinski definition) is 1. The van der Waals surface area contributed by atoms with Crippen LogP contribution in [0.3, 0.4) is 0 Å². The molecule has 6 heteroatoms. The van der Waals surface area contributed by atoms with Gasteiger partial charge in [-0.1, -0.05) is 13.0 Å². The third-order valence-electron chi connectivity index (χ3n) is 6.61. The summed E-state index contributed by atoms with van der Waals surface area (Å²) in [6, 6.07) is 5.28. The molecular weight excluding hydrogens is 328 g/mol. The summed E-state index contributed by atoms with van der Waals surface area (Å²) in [6.07, 6.45) is 5.57. The van der Waals surface area contributed by atoms with E-state index >= 15 is 0 Å². The minimum absolute atomic E-state index is 0.132. The van der Waals surface area contributed by atoms with Crippen LogP contribution in [0.25, 0.3) is 0 Å². The van der Waals surface area contributed by atoms with E-state index in [9.17, 15) is 13.2 Å². The number of carbonyl (C=O) groups excluding carboxylic acids is 1. The Kier molecular flexibility index (Phi) is 3.55. The van der Waals surface area contributed by atoms with Gasteiger partial charge in [-0.2, -0.15) is 8.42 Å². The van der Waals surface area contributed by atoms with Gasteiger partial charge in [-0.05, 0) is 73.1 Å². The highest BCUT2D eigenvalue weighted by molar-refractivity contribution is 7.81. The number of benzene rings is 1. The Morgan fingerprint density at radius 1 is 1.21 bits per heavy atom. The van der Waals surface area contributed by atoms with Gasteiger partial charge in [0.1, 0.15) is 11.5 Å². The van der Waals surface area contributed by atoms with E-state index in [0.29, 0.717) is 23.5 Å². The van der Waals surface area contributed by atoms with E-state index in [4.69, 9.17) is 4.55 Å². The lowest BCUT2D eigenvalue weighted by atomic mass is 9.55. The number of carbonyl (C=O) groups is 1. The molecule has 1 aromatic carbocycles. The summed E-state index contributed by atoms with van der Waals surface area (Å²) in [6.45, 7) is 2.15. The number of fused-ring (bicyclic) bond motifs is 5. The predicted molar refractivity (Wildman–Crippen MR) is 88.2 cm³/mol. The van der Waals surface area contributed by atoms with Gasteiger partial charge in [0.05, 0.1) is 0 Å². The predicted octanol–water partition coefficient (Wildman–Crippen LogP) is 3.29. The third kappa shape index (κ3) is 2.47. The molecule has 0 amide bonds. The van der Waals surface area contributed by atoms with Crippen molar-refractivity contribution in [3.8, 4) is 5.75 Å². The molecule has 0 bridgehead atoms. The minimum Gasteiger partial charge on any atom is -0.362 e. The first-order chi connectivity index (χ1) is 11.3. The average Bonchev–Trinajstić information content (AvgIpc) is 2.81. The van der Waals surface area contributed by atoms with Crippen LogP contribution in [0.1, 0.15) is 56.1 Å². The Morgan fingerprint density at radius 3 is 2.75 bits per heavy atom. The summed E-state index contributed by atoms with van der Waals surface area (Å²) >= 11 is 0. The largest absolute Gasteiger partial charge is 0.446 e. The zero-order valence-electron chi connectivity index (χ0n) is 13.7. The monoisotopic (exact) mass is 350 g/mol. The highest BCUT2D eigenvalue weighted by Crippen LogP contribution is 2.59. The van der Waals surface area contributed by atoms with E-state index in [1.807, 2.05) is 6.07 Å². The molecule has 0 aromatic heterocycles. The van der Waals surface area contributed by atoms with Gasteiger partial charge < -0.3 is 4.18 Å². The molecule has 0 saturated heterocycles. The topological polar surface area (TPSA) is 80.7 Å².